The van der Waals surface area contributed by atoms with E-state index in [4.69, 9.17) is 33.9 Å². The fraction of sp³-hybridized carbons (Fsp3) is 0.800. The number of thiocarbonyl (C=S) groups is 2. The van der Waals surface area contributed by atoms with Crippen molar-refractivity contribution >= 4 is 54.7 Å². The molecule has 2 heterocycles. The minimum absolute atomic E-state index is 0.711. The summed E-state index contributed by atoms with van der Waals surface area (Å²) >= 11 is 10.6. The molecule has 2 fully saturated rings. The van der Waals surface area contributed by atoms with Gasteiger partial charge in [0.25, 0.3) is 0 Å². The predicted octanol–water partition coefficient (Wildman–Crippen LogP) is 0.611. The number of hydrogen-bond donors (Lipinski definition) is 2. The summed E-state index contributed by atoms with van der Waals surface area (Å²) in [5, 5.41) is 4.13. The van der Waals surface area contributed by atoms with Crippen molar-refractivity contribution in [1.29, 1.82) is 0 Å². The minimum atomic E-state index is 0.711. The normalized spacial score (nSPS) is 21.4. The summed E-state index contributed by atoms with van der Waals surface area (Å²) in [5.74, 6) is 0. The summed E-state index contributed by atoms with van der Waals surface area (Å²) in [4.78, 5) is 0. The van der Waals surface area contributed by atoms with Crippen LogP contribution in [0.2, 0.25) is 0 Å². The fourth-order valence-corrected chi connectivity index (χ4v) is 3.75. The van der Waals surface area contributed by atoms with Crippen LogP contribution in [0.1, 0.15) is 0 Å². The molecule has 2 saturated heterocycles. The molecule has 0 spiro atoms. The Bertz CT molecular complexity index is 303. The van der Waals surface area contributed by atoms with Gasteiger partial charge in [0.1, 0.15) is 0 Å². The summed E-state index contributed by atoms with van der Waals surface area (Å²) < 4.78 is 12.0. The molecular weight excluding hydrogens is 336 g/mol. The quantitative estimate of drug-likeness (QED) is 0.545. The van der Waals surface area contributed by atoms with Gasteiger partial charge in [0.2, 0.25) is 0 Å². The highest BCUT2D eigenvalue weighted by Gasteiger charge is 2.14. The third-order valence-corrected chi connectivity index (χ3v) is 5.85. The highest BCUT2D eigenvalue weighted by molar-refractivity contribution is 8.89. The van der Waals surface area contributed by atoms with Crippen LogP contribution in [0.5, 0.6) is 0 Å². The number of morpholine rings is 2. The number of hydrogen-bond acceptors (Lipinski definition) is 8. The van der Waals surface area contributed by atoms with Crippen molar-refractivity contribution in [3.8, 4) is 0 Å². The van der Waals surface area contributed by atoms with Gasteiger partial charge in [0.05, 0.1) is 26.4 Å². The first kappa shape index (κ1) is 16.7. The maximum Gasteiger partial charge on any atom is 0.159 e. The van der Waals surface area contributed by atoms with Crippen molar-refractivity contribution in [2.75, 3.05) is 52.6 Å². The molecule has 0 radical (unpaired) electrons. The van der Waals surface area contributed by atoms with Crippen LogP contribution in [-0.2, 0) is 9.47 Å². The molecular formula is C10H18N4O2S4. The van der Waals surface area contributed by atoms with E-state index in [1.54, 1.807) is 0 Å². The monoisotopic (exact) mass is 354 g/mol. The number of nitrogens with one attached hydrogen (secondary N) is 2. The van der Waals surface area contributed by atoms with Crippen molar-refractivity contribution < 1.29 is 9.47 Å². The lowest BCUT2D eigenvalue weighted by Crippen LogP contribution is -2.47. The van der Waals surface area contributed by atoms with E-state index in [0.29, 0.717) is 8.64 Å². The molecule has 2 aliphatic heterocycles. The molecule has 0 bridgehead atoms. The van der Waals surface area contributed by atoms with Crippen molar-refractivity contribution in [1.82, 2.24) is 20.9 Å². The number of rotatable bonds is 2. The Balaban J connectivity index is 1.58. The van der Waals surface area contributed by atoms with Gasteiger partial charge in [-0.05, 0) is 21.6 Å². The van der Waals surface area contributed by atoms with Crippen LogP contribution in [0.25, 0.3) is 0 Å². The Morgan fingerprint density at radius 1 is 0.750 bits per heavy atom. The maximum absolute atomic E-state index is 5.29. The van der Waals surface area contributed by atoms with E-state index in [9.17, 15) is 0 Å². The maximum atomic E-state index is 5.29. The molecule has 2 rings (SSSR count). The number of nitrogens with zero attached hydrogens (tertiary/aromatic N) is 2. The van der Waals surface area contributed by atoms with Gasteiger partial charge >= 0.3 is 0 Å². The van der Waals surface area contributed by atoms with Gasteiger partial charge in [0, 0.05) is 26.2 Å². The molecule has 0 aromatic carbocycles. The number of ether oxygens (including phenoxy) is 2. The van der Waals surface area contributed by atoms with Gasteiger partial charge in [-0.25, -0.2) is 10.0 Å². The Morgan fingerprint density at radius 2 is 1.10 bits per heavy atom. The van der Waals surface area contributed by atoms with Crippen LogP contribution in [0.3, 0.4) is 0 Å². The molecule has 114 valence electrons. The van der Waals surface area contributed by atoms with E-state index in [0.717, 1.165) is 52.6 Å². The molecule has 0 unspecified atom stereocenters. The smallest absolute Gasteiger partial charge is 0.159 e. The van der Waals surface area contributed by atoms with Crippen LogP contribution < -0.4 is 10.9 Å². The lowest BCUT2D eigenvalue weighted by Gasteiger charge is -2.28. The topological polar surface area (TPSA) is 49.0 Å². The van der Waals surface area contributed by atoms with E-state index < -0.39 is 0 Å². The number of hydrazine groups is 2. The zero-order chi connectivity index (χ0) is 14.2. The Kier molecular flexibility index (Phi) is 7.81. The Hall–Kier alpha value is 0.320. The molecule has 2 aliphatic rings. The first-order chi connectivity index (χ1) is 9.74. The van der Waals surface area contributed by atoms with Crippen molar-refractivity contribution in [2.24, 2.45) is 0 Å². The molecule has 0 atom stereocenters. The molecule has 0 amide bonds. The van der Waals surface area contributed by atoms with Gasteiger partial charge in [-0.15, -0.1) is 0 Å². The second-order valence-corrected chi connectivity index (χ2v) is 7.65. The second kappa shape index (κ2) is 9.36. The molecule has 10 heteroatoms. The lowest BCUT2D eigenvalue weighted by atomic mass is 10.5. The predicted molar refractivity (Wildman–Crippen MR) is 91.4 cm³/mol. The molecule has 20 heavy (non-hydrogen) atoms. The fourth-order valence-electron chi connectivity index (χ4n) is 1.72. The summed E-state index contributed by atoms with van der Waals surface area (Å²) in [6, 6.07) is 0. The van der Waals surface area contributed by atoms with Gasteiger partial charge in [-0.3, -0.25) is 0 Å². The molecule has 2 N–H and O–H groups in total. The SMILES string of the molecule is S=C(NN1CCOCC1)SSC(=S)NN1CCOCC1. The highest BCUT2D eigenvalue weighted by atomic mass is 33.1. The van der Waals surface area contributed by atoms with Crippen molar-refractivity contribution in [2.45, 2.75) is 0 Å². The van der Waals surface area contributed by atoms with E-state index in [-0.39, 0.29) is 0 Å². The Labute approximate surface area is 137 Å². The van der Waals surface area contributed by atoms with E-state index >= 15 is 0 Å². The first-order valence-electron chi connectivity index (χ1n) is 6.35. The third-order valence-electron chi connectivity index (χ3n) is 2.71. The van der Waals surface area contributed by atoms with E-state index in [2.05, 4.69) is 20.9 Å². The minimum Gasteiger partial charge on any atom is -0.379 e. The zero-order valence-electron chi connectivity index (χ0n) is 11.0. The summed E-state index contributed by atoms with van der Waals surface area (Å²) in [6.07, 6.45) is 0. The van der Waals surface area contributed by atoms with Crippen LogP contribution >= 0.6 is 46.0 Å². The van der Waals surface area contributed by atoms with Crippen molar-refractivity contribution in [3.05, 3.63) is 0 Å². The average Bonchev–Trinajstić information content (AvgIpc) is 2.47. The van der Waals surface area contributed by atoms with Crippen molar-refractivity contribution in [3.63, 3.8) is 0 Å². The third kappa shape index (κ3) is 6.39. The second-order valence-electron chi connectivity index (χ2n) is 4.16. The van der Waals surface area contributed by atoms with Crippen LogP contribution in [-0.4, -0.2) is 71.3 Å². The molecule has 0 aromatic rings. The summed E-state index contributed by atoms with van der Waals surface area (Å²) in [7, 11) is 2.92. The standard InChI is InChI=1S/C10H18N4O2S4/c17-9(11-13-1-5-15-6-2-13)19-20-10(18)12-14-3-7-16-8-4-14/h1-8H2,(H,11,17)(H,12,18). The Morgan fingerprint density at radius 3 is 1.45 bits per heavy atom. The van der Waals surface area contributed by atoms with E-state index in [1.165, 1.54) is 21.6 Å². The van der Waals surface area contributed by atoms with Crippen LogP contribution in [0, 0.1) is 0 Å². The van der Waals surface area contributed by atoms with Crippen LogP contribution in [0.4, 0.5) is 0 Å². The lowest BCUT2D eigenvalue weighted by molar-refractivity contribution is 0.0256. The van der Waals surface area contributed by atoms with Gasteiger partial charge in [-0.2, -0.15) is 0 Å². The molecule has 0 aliphatic carbocycles. The largest absolute Gasteiger partial charge is 0.379 e. The molecule has 0 aromatic heterocycles. The van der Waals surface area contributed by atoms with Gasteiger partial charge in [-0.1, -0.05) is 24.4 Å². The van der Waals surface area contributed by atoms with Crippen LogP contribution in [0.15, 0.2) is 0 Å². The summed E-state index contributed by atoms with van der Waals surface area (Å²) in [6.45, 7) is 6.36. The molecule has 0 saturated carbocycles. The zero-order valence-corrected chi connectivity index (χ0v) is 14.3. The summed E-state index contributed by atoms with van der Waals surface area (Å²) in [5.41, 5.74) is 6.37. The average molecular weight is 355 g/mol. The van der Waals surface area contributed by atoms with Gasteiger partial charge < -0.3 is 20.3 Å². The van der Waals surface area contributed by atoms with Gasteiger partial charge in [0.15, 0.2) is 8.64 Å². The van der Waals surface area contributed by atoms with E-state index in [1.807, 2.05) is 0 Å². The first-order valence-corrected chi connectivity index (χ1v) is 9.32. The highest BCUT2D eigenvalue weighted by Crippen LogP contribution is 2.23. The molecule has 6 nitrogen and oxygen atoms in total.